The maximum absolute atomic E-state index is 4.98. The van der Waals surface area contributed by atoms with Gasteiger partial charge in [0.25, 0.3) is 0 Å². The Morgan fingerprint density at radius 2 is 2.38 bits per heavy atom. The number of furan rings is 1. The first-order valence-corrected chi connectivity index (χ1v) is 5.17. The van der Waals surface area contributed by atoms with Crippen LogP contribution in [0.15, 0.2) is 23.0 Å². The zero-order valence-electron chi connectivity index (χ0n) is 7.96. The highest BCUT2D eigenvalue weighted by molar-refractivity contribution is 5.04. The van der Waals surface area contributed by atoms with E-state index in [0.29, 0.717) is 0 Å². The molecule has 1 fully saturated rings. The van der Waals surface area contributed by atoms with Gasteiger partial charge in [0, 0.05) is 12.1 Å². The average molecular weight is 179 g/mol. The molecule has 2 rings (SSSR count). The number of hydrogen-bond donors (Lipinski definition) is 1. The molecule has 0 saturated heterocycles. The van der Waals surface area contributed by atoms with Gasteiger partial charge in [-0.3, -0.25) is 0 Å². The van der Waals surface area contributed by atoms with E-state index in [2.05, 4.69) is 5.32 Å². The Balaban J connectivity index is 1.48. The lowest BCUT2D eigenvalue weighted by Crippen LogP contribution is -2.14. The summed E-state index contributed by atoms with van der Waals surface area (Å²) in [7, 11) is 0. The van der Waals surface area contributed by atoms with E-state index in [1.165, 1.54) is 31.2 Å². The van der Waals surface area contributed by atoms with Crippen LogP contribution in [0, 0.1) is 5.92 Å². The molecular formula is C11H17NO. The molecule has 0 amide bonds. The zero-order chi connectivity index (χ0) is 8.93. The molecule has 1 heterocycles. The van der Waals surface area contributed by atoms with Crippen molar-refractivity contribution in [3.8, 4) is 0 Å². The molecule has 1 saturated carbocycles. The Kier molecular flexibility index (Phi) is 3.03. The van der Waals surface area contributed by atoms with Crippen LogP contribution in [-0.4, -0.2) is 6.54 Å². The van der Waals surface area contributed by atoms with Gasteiger partial charge in [-0.2, -0.15) is 0 Å². The van der Waals surface area contributed by atoms with Crippen LogP contribution in [-0.2, 0) is 6.54 Å². The van der Waals surface area contributed by atoms with Gasteiger partial charge in [-0.1, -0.05) is 12.8 Å². The van der Waals surface area contributed by atoms with Gasteiger partial charge in [0.2, 0.25) is 0 Å². The molecule has 0 atom stereocenters. The van der Waals surface area contributed by atoms with Crippen LogP contribution in [0.5, 0.6) is 0 Å². The van der Waals surface area contributed by atoms with E-state index in [0.717, 1.165) is 19.0 Å². The normalized spacial score (nSPS) is 16.3. The van der Waals surface area contributed by atoms with E-state index < -0.39 is 0 Å². The monoisotopic (exact) mass is 179 g/mol. The summed E-state index contributed by atoms with van der Waals surface area (Å²) in [6.07, 6.45) is 9.21. The average Bonchev–Trinajstić information content (AvgIpc) is 2.81. The summed E-state index contributed by atoms with van der Waals surface area (Å²) in [5, 5.41) is 3.41. The summed E-state index contributed by atoms with van der Waals surface area (Å²) in [6.45, 7) is 2.09. The Labute approximate surface area is 79.3 Å². The topological polar surface area (TPSA) is 25.2 Å². The fourth-order valence-electron chi connectivity index (χ4n) is 1.55. The van der Waals surface area contributed by atoms with Gasteiger partial charge in [-0.15, -0.1) is 0 Å². The van der Waals surface area contributed by atoms with Crippen molar-refractivity contribution in [2.24, 2.45) is 5.92 Å². The maximum Gasteiger partial charge on any atom is 0.0947 e. The molecule has 0 unspecified atom stereocenters. The van der Waals surface area contributed by atoms with Gasteiger partial charge in [0.15, 0.2) is 0 Å². The van der Waals surface area contributed by atoms with Crippen LogP contribution in [0.3, 0.4) is 0 Å². The molecule has 1 aromatic heterocycles. The predicted octanol–water partition coefficient (Wildman–Crippen LogP) is 2.56. The molecule has 0 aromatic carbocycles. The van der Waals surface area contributed by atoms with Crippen molar-refractivity contribution >= 4 is 0 Å². The fourth-order valence-corrected chi connectivity index (χ4v) is 1.55. The highest BCUT2D eigenvalue weighted by Gasteiger charge is 2.19. The molecule has 72 valence electrons. The number of rotatable bonds is 6. The number of nitrogens with one attached hydrogen (secondary N) is 1. The molecule has 1 aliphatic carbocycles. The highest BCUT2D eigenvalue weighted by atomic mass is 16.3. The third-order valence-corrected chi connectivity index (χ3v) is 2.57. The van der Waals surface area contributed by atoms with Crippen LogP contribution in [0.4, 0.5) is 0 Å². The van der Waals surface area contributed by atoms with Crippen LogP contribution < -0.4 is 5.32 Å². The van der Waals surface area contributed by atoms with E-state index >= 15 is 0 Å². The molecule has 13 heavy (non-hydrogen) atoms. The van der Waals surface area contributed by atoms with Gasteiger partial charge in [-0.25, -0.2) is 0 Å². The third-order valence-electron chi connectivity index (χ3n) is 2.57. The third kappa shape index (κ3) is 3.23. The summed E-state index contributed by atoms with van der Waals surface area (Å²) in [6, 6.07) is 2.01. The lowest BCUT2D eigenvalue weighted by molar-refractivity contribution is 0.556. The van der Waals surface area contributed by atoms with Crippen molar-refractivity contribution in [2.45, 2.75) is 32.2 Å². The molecule has 0 bridgehead atoms. The second kappa shape index (κ2) is 4.47. The van der Waals surface area contributed by atoms with Gasteiger partial charge in [-0.05, 0) is 31.4 Å². The molecule has 0 spiro atoms. The first kappa shape index (κ1) is 8.82. The number of hydrogen-bond acceptors (Lipinski definition) is 2. The Morgan fingerprint density at radius 1 is 1.46 bits per heavy atom. The fraction of sp³-hybridized carbons (Fsp3) is 0.636. The van der Waals surface area contributed by atoms with Crippen molar-refractivity contribution < 1.29 is 4.42 Å². The standard InChI is InChI=1S/C11H17NO/c1(2-10-3-4-10)6-12-8-11-5-7-13-9-11/h5,7,9-10,12H,1-4,6,8H2. The van der Waals surface area contributed by atoms with E-state index in [9.17, 15) is 0 Å². The van der Waals surface area contributed by atoms with Crippen LogP contribution in [0.25, 0.3) is 0 Å². The molecule has 1 N–H and O–H groups in total. The highest BCUT2D eigenvalue weighted by Crippen LogP contribution is 2.33. The summed E-state index contributed by atoms with van der Waals surface area (Å²) < 4.78 is 4.98. The first-order valence-electron chi connectivity index (χ1n) is 5.17. The SMILES string of the molecule is c1cc(CNCCCC2CC2)co1. The molecule has 0 radical (unpaired) electrons. The quantitative estimate of drug-likeness (QED) is 0.679. The zero-order valence-corrected chi connectivity index (χ0v) is 7.96. The van der Waals surface area contributed by atoms with E-state index in [-0.39, 0.29) is 0 Å². The molecule has 2 nitrogen and oxygen atoms in total. The largest absolute Gasteiger partial charge is 0.472 e. The minimum atomic E-state index is 0.946. The molecular weight excluding hydrogens is 162 g/mol. The molecule has 1 aromatic rings. The lowest BCUT2D eigenvalue weighted by Gasteiger charge is -2.01. The summed E-state index contributed by atoms with van der Waals surface area (Å²) in [5.74, 6) is 1.07. The van der Waals surface area contributed by atoms with Gasteiger partial charge in [0.05, 0.1) is 12.5 Å². The van der Waals surface area contributed by atoms with E-state index in [4.69, 9.17) is 4.42 Å². The van der Waals surface area contributed by atoms with Crippen molar-refractivity contribution in [2.75, 3.05) is 6.54 Å². The van der Waals surface area contributed by atoms with Gasteiger partial charge >= 0.3 is 0 Å². The lowest BCUT2D eigenvalue weighted by atomic mass is 10.2. The van der Waals surface area contributed by atoms with Crippen LogP contribution >= 0.6 is 0 Å². The minimum absolute atomic E-state index is 0.946. The summed E-state index contributed by atoms with van der Waals surface area (Å²) >= 11 is 0. The predicted molar refractivity (Wildman–Crippen MR) is 52.4 cm³/mol. The molecule has 0 aliphatic heterocycles. The van der Waals surface area contributed by atoms with Crippen molar-refractivity contribution in [3.63, 3.8) is 0 Å². The van der Waals surface area contributed by atoms with Crippen molar-refractivity contribution in [1.29, 1.82) is 0 Å². The second-order valence-corrected chi connectivity index (χ2v) is 3.89. The summed E-state index contributed by atoms with van der Waals surface area (Å²) in [5.41, 5.74) is 1.24. The molecule has 1 aliphatic rings. The van der Waals surface area contributed by atoms with E-state index in [1.54, 1.807) is 12.5 Å². The second-order valence-electron chi connectivity index (χ2n) is 3.89. The van der Waals surface area contributed by atoms with E-state index in [1.807, 2.05) is 6.07 Å². The first-order chi connectivity index (χ1) is 6.45. The minimum Gasteiger partial charge on any atom is -0.472 e. The van der Waals surface area contributed by atoms with Gasteiger partial charge < -0.3 is 9.73 Å². The maximum atomic E-state index is 4.98. The summed E-state index contributed by atoms with van der Waals surface area (Å²) in [4.78, 5) is 0. The Bertz CT molecular complexity index is 226. The van der Waals surface area contributed by atoms with Crippen LogP contribution in [0.2, 0.25) is 0 Å². The molecule has 2 heteroatoms. The van der Waals surface area contributed by atoms with Crippen molar-refractivity contribution in [3.05, 3.63) is 24.2 Å². The smallest absolute Gasteiger partial charge is 0.0947 e. The Hall–Kier alpha value is -0.760. The Morgan fingerprint density at radius 3 is 3.08 bits per heavy atom. The van der Waals surface area contributed by atoms with Gasteiger partial charge in [0.1, 0.15) is 0 Å². The van der Waals surface area contributed by atoms with Crippen molar-refractivity contribution in [1.82, 2.24) is 5.32 Å². The van der Waals surface area contributed by atoms with Crippen LogP contribution in [0.1, 0.15) is 31.2 Å².